The number of aromatic nitrogens is 2. The third-order valence-corrected chi connectivity index (χ3v) is 6.09. The van der Waals surface area contributed by atoms with Crippen molar-refractivity contribution in [1.29, 1.82) is 0 Å². The van der Waals surface area contributed by atoms with Gasteiger partial charge < -0.3 is 9.42 Å². The molecule has 3 rings (SSSR count). The van der Waals surface area contributed by atoms with Gasteiger partial charge in [0.05, 0.1) is 5.75 Å². The van der Waals surface area contributed by atoms with Gasteiger partial charge in [-0.15, -0.1) is 0 Å². The summed E-state index contributed by atoms with van der Waals surface area (Å²) in [4.78, 5) is 21.1. The maximum atomic E-state index is 12.2. The summed E-state index contributed by atoms with van der Waals surface area (Å²) in [6, 6.07) is 8.15. The zero-order chi connectivity index (χ0) is 19.8. The van der Waals surface area contributed by atoms with Crippen LogP contribution < -0.4 is 0 Å². The van der Waals surface area contributed by atoms with Crippen LogP contribution in [0, 0.1) is 6.92 Å². The van der Waals surface area contributed by atoms with E-state index >= 15 is 0 Å². The summed E-state index contributed by atoms with van der Waals surface area (Å²) in [7, 11) is 0. The highest BCUT2D eigenvalue weighted by Crippen LogP contribution is 2.17. The summed E-state index contributed by atoms with van der Waals surface area (Å²) in [6.45, 7) is 8.77. The molecule has 1 aliphatic heterocycles. The smallest absolute Gasteiger partial charge is 0.232 e. The first-order valence-corrected chi connectivity index (χ1v) is 11.3. The van der Waals surface area contributed by atoms with E-state index < -0.39 is 0 Å². The van der Waals surface area contributed by atoms with Crippen molar-refractivity contribution in [2.24, 2.45) is 0 Å². The third-order valence-electron chi connectivity index (χ3n) is 4.94. The monoisotopic (exact) mass is 402 g/mol. The fourth-order valence-electron chi connectivity index (χ4n) is 3.25. The molecular formula is C21H30N4O2S. The Morgan fingerprint density at radius 2 is 1.93 bits per heavy atom. The second-order valence-corrected chi connectivity index (χ2v) is 8.36. The van der Waals surface area contributed by atoms with Crippen molar-refractivity contribution in [3.05, 3.63) is 35.7 Å². The molecule has 2 heterocycles. The molecule has 6 nitrogen and oxygen atoms in total. The van der Waals surface area contributed by atoms with E-state index in [2.05, 4.69) is 41.0 Å². The van der Waals surface area contributed by atoms with Gasteiger partial charge >= 0.3 is 0 Å². The van der Waals surface area contributed by atoms with E-state index in [1.807, 2.05) is 17.0 Å². The number of hydrogen-bond donors (Lipinski definition) is 0. The molecule has 1 aromatic carbocycles. The second kappa shape index (κ2) is 10.6. The first kappa shape index (κ1) is 20.9. The van der Waals surface area contributed by atoms with Gasteiger partial charge in [-0.05, 0) is 32.1 Å². The third kappa shape index (κ3) is 6.07. The first-order valence-electron chi connectivity index (χ1n) is 10.1. The van der Waals surface area contributed by atoms with Gasteiger partial charge in [-0.1, -0.05) is 41.9 Å². The number of piperazine rings is 1. The molecule has 1 amide bonds. The van der Waals surface area contributed by atoms with Gasteiger partial charge in [0, 0.05) is 38.2 Å². The van der Waals surface area contributed by atoms with Gasteiger partial charge in [0.25, 0.3) is 0 Å². The molecule has 0 atom stereocenters. The molecular weight excluding hydrogens is 372 g/mol. The van der Waals surface area contributed by atoms with Crippen molar-refractivity contribution in [3.63, 3.8) is 0 Å². The fraction of sp³-hybridized carbons (Fsp3) is 0.571. The molecule has 28 heavy (non-hydrogen) atoms. The molecule has 1 fully saturated rings. The number of rotatable bonds is 9. The van der Waals surface area contributed by atoms with Crippen LogP contribution in [0.2, 0.25) is 0 Å². The van der Waals surface area contributed by atoms with E-state index in [1.165, 1.54) is 5.56 Å². The van der Waals surface area contributed by atoms with Crippen molar-refractivity contribution in [2.75, 3.05) is 44.2 Å². The lowest BCUT2D eigenvalue weighted by atomic mass is 10.1. The molecule has 0 spiro atoms. The SMILES string of the molecule is CCCSCC(=O)N1CCN(CCCc2nc(-c3ccc(C)cc3)no2)CC1. The Hall–Kier alpha value is -1.86. The molecule has 0 bridgehead atoms. The van der Waals surface area contributed by atoms with Crippen LogP contribution >= 0.6 is 11.8 Å². The molecule has 0 radical (unpaired) electrons. The zero-order valence-corrected chi connectivity index (χ0v) is 17.7. The molecule has 0 unspecified atom stereocenters. The van der Waals surface area contributed by atoms with E-state index in [1.54, 1.807) is 11.8 Å². The van der Waals surface area contributed by atoms with E-state index in [9.17, 15) is 4.79 Å². The lowest BCUT2D eigenvalue weighted by Gasteiger charge is -2.34. The van der Waals surface area contributed by atoms with Crippen LogP contribution in [-0.2, 0) is 11.2 Å². The van der Waals surface area contributed by atoms with Crippen LogP contribution in [-0.4, -0.2) is 70.1 Å². The Balaban J connectivity index is 1.36. The lowest BCUT2D eigenvalue weighted by Crippen LogP contribution is -2.49. The number of nitrogens with zero attached hydrogens (tertiary/aromatic N) is 4. The number of thioether (sulfide) groups is 1. The van der Waals surface area contributed by atoms with Crippen molar-refractivity contribution in [2.45, 2.75) is 33.1 Å². The minimum Gasteiger partial charge on any atom is -0.339 e. The van der Waals surface area contributed by atoms with Crippen molar-refractivity contribution in [1.82, 2.24) is 19.9 Å². The number of carbonyl (C=O) groups is 1. The van der Waals surface area contributed by atoms with Gasteiger partial charge in [0.1, 0.15) is 0 Å². The highest BCUT2D eigenvalue weighted by atomic mass is 32.2. The number of carbonyl (C=O) groups excluding carboxylic acids is 1. The highest BCUT2D eigenvalue weighted by molar-refractivity contribution is 7.99. The van der Waals surface area contributed by atoms with Crippen LogP contribution in [0.1, 0.15) is 31.2 Å². The van der Waals surface area contributed by atoms with Crippen LogP contribution in [0.3, 0.4) is 0 Å². The first-order chi connectivity index (χ1) is 13.7. The highest BCUT2D eigenvalue weighted by Gasteiger charge is 2.20. The van der Waals surface area contributed by atoms with Gasteiger partial charge in [0.15, 0.2) is 0 Å². The van der Waals surface area contributed by atoms with Crippen molar-refractivity contribution >= 4 is 17.7 Å². The molecule has 1 saturated heterocycles. The fourth-order valence-corrected chi connectivity index (χ4v) is 4.04. The van der Waals surface area contributed by atoms with E-state index in [-0.39, 0.29) is 5.91 Å². The molecule has 0 aliphatic carbocycles. The van der Waals surface area contributed by atoms with E-state index in [0.717, 1.165) is 63.3 Å². The standard InChI is InChI=1S/C21H30N4O2S/c1-3-15-28-16-20(26)25-13-11-24(12-14-25)10-4-5-19-22-21(23-27-19)18-8-6-17(2)7-9-18/h6-9H,3-5,10-16H2,1-2H3. The minimum atomic E-state index is 0.285. The molecule has 0 N–H and O–H groups in total. The van der Waals surface area contributed by atoms with Crippen molar-refractivity contribution < 1.29 is 9.32 Å². The summed E-state index contributed by atoms with van der Waals surface area (Å²) in [5.74, 6) is 3.31. The molecule has 1 aromatic heterocycles. The molecule has 152 valence electrons. The minimum absolute atomic E-state index is 0.285. The Morgan fingerprint density at radius 1 is 1.18 bits per heavy atom. The predicted octanol–water partition coefficient (Wildman–Crippen LogP) is 3.27. The number of aryl methyl sites for hydroxylation is 2. The molecule has 1 aliphatic rings. The topological polar surface area (TPSA) is 62.5 Å². The summed E-state index contributed by atoms with van der Waals surface area (Å²) in [5, 5.41) is 4.10. The van der Waals surface area contributed by atoms with Crippen LogP contribution in [0.4, 0.5) is 0 Å². The van der Waals surface area contributed by atoms with E-state index in [4.69, 9.17) is 4.52 Å². The van der Waals surface area contributed by atoms with Crippen LogP contribution in [0.15, 0.2) is 28.8 Å². The largest absolute Gasteiger partial charge is 0.339 e. The summed E-state index contributed by atoms with van der Waals surface area (Å²) in [5.41, 5.74) is 2.20. The van der Waals surface area contributed by atoms with Gasteiger partial charge in [-0.2, -0.15) is 16.7 Å². The summed E-state index contributed by atoms with van der Waals surface area (Å²) < 4.78 is 5.40. The molecule has 2 aromatic rings. The molecule has 7 heteroatoms. The maximum Gasteiger partial charge on any atom is 0.232 e. The average molecular weight is 403 g/mol. The predicted molar refractivity (Wildman–Crippen MR) is 113 cm³/mol. The Bertz CT molecular complexity index is 739. The lowest BCUT2D eigenvalue weighted by molar-refractivity contribution is -0.130. The van der Waals surface area contributed by atoms with Gasteiger partial charge in [-0.25, -0.2) is 0 Å². The molecule has 0 saturated carbocycles. The average Bonchev–Trinajstić information content (AvgIpc) is 3.18. The number of benzene rings is 1. The van der Waals surface area contributed by atoms with Crippen LogP contribution in [0.5, 0.6) is 0 Å². The summed E-state index contributed by atoms with van der Waals surface area (Å²) in [6.07, 6.45) is 2.89. The normalized spacial score (nSPS) is 15.1. The quantitative estimate of drug-likeness (QED) is 0.600. The van der Waals surface area contributed by atoms with Crippen LogP contribution in [0.25, 0.3) is 11.4 Å². The van der Waals surface area contributed by atoms with E-state index in [0.29, 0.717) is 17.5 Å². The van der Waals surface area contributed by atoms with Crippen molar-refractivity contribution in [3.8, 4) is 11.4 Å². The number of hydrogen-bond acceptors (Lipinski definition) is 6. The number of amides is 1. The Labute approximate surface area is 171 Å². The summed E-state index contributed by atoms with van der Waals surface area (Å²) >= 11 is 1.74. The Kier molecular flexibility index (Phi) is 7.91. The Morgan fingerprint density at radius 3 is 2.64 bits per heavy atom. The maximum absolute atomic E-state index is 12.2. The van der Waals surface area contributed by atoms with Gasteiger partial charge in [0.2, 0.25) is 17.6 Å². The second-order valence-electron chi connectivity index (χ2n) is 7.26. The van der Waals surface area contributed by atoms with Gasteiger partial charge in [-0.3, -0.25) is 9.69 Å². The zero-order valence-electron chi connectivity index (χ0n) is 16.9.